The van der Waals surface area contributed by atoms with Crippen LogP contribution in [0, 0.1) is 5.92 Å². The van der Waals surface area contributed by atoms with Crippen molar-refractivity contribution in [2.24, 2.45) is 11.7 Å². The number of fused-ring (bicyclic) bond motifs is 3. The standard InChI is InChI=1S/C20H23NO2.ClH/c1-13(2)10-19(21)20(22)23-12-15-7-5-9-17-16-8-4-3-6-14(16)11-18(15)17;/h3-9,13,19H,10-12,21H2,1-2H3;1H/t19-;/m0./s1. The maximum Gasteiger partial charge on any atom is 0.323 e. The molecule has 24 heavy (non-hydrogen) atoms. The molecule has 1 aliphatic rings. The van der Waals surface area contributed by atoms with Gasteiger partial charge in [-0.2, -0.15) is 0 Å². The third-order valence-corrected chi connectivity index (χ3v) is 4.35. The normalized spacial score (nSPS) is 13.0. The van der Waals surface area contributed by atoms with Crippen LogP contribution in [0.3, 0.4) is 0 Å². The van der Waals surface area contributed by atoms with Gasteiger partial charge in [0.05, 0.1) is 0 Å². The fraction of sp³-hybridized carbons (Fsp3) is 0.350. The van der Waals surface area contributed by atoms with Crippen LogP contribution in [0.4, 0.5) is 0 Å². The molecule has 1 atom stereocenters. The Hall–Kier alpha value is -1.84. The number of hydrogen-bond donors (Lipinski definition) is 1. The average Bonchev–Trinajstić information content (AvgIpc) is 2.91. The molecule has 1 aliphatic carbocycles. The number of carbonyl (C=O) groups excluding carboxylic acids is 1. The molecule has 0 unspecified atom stereocenters. The van der Waals surface area contributed by atoms with Crippen LogP contribution >= 0.6 is 12.4 Å². The Morgan fingerprint density at radius 2 is 1.83 bits per heavy atom. The van der Waals surface area contributed by atoms with Crippen molar-refractivity contribution in [2.75, 3.05) is 0 Å². The minimum Gasteiger partial charge on any atom is -0.460 e. The highest BCUT2D eigenvalue weighted by atomic mass is 35.5. The van der Waals surface area contributed by atoms with Crippen molar-refractivity contribution in [3.8, 4) is 11.1 Å². The first kappa shape index (κ1) is 18.5. The number of nitrogens with two attached hydrogens (primary N) is 1. The van der Waals surface area contributed by atoms with Gasteiger partial charge in [0, 0.05) is 0 Å². The zero-order chi connectivity index (χ0) is 16.4. The van der Waals surface area contributed by atoms with Gasteiger partial charge in [0.1, 0.15) is 12.6 Å². The third kappa shape index (κ3) is 3.80. The molecule has 2 aromatic carbocycles. The molecule has 0 saturated carbocycles. The molecule has 3 nitrogen and oxygen atoms in total. The predicted molar refractivity (Wildman–Crippen MR) is 99.2 cm³/mol. The van der Waals surface area contributed by atoms with E-state index in [4.69, 9.17) is 10.5 Å². The molecule has 0 spiro atoms. The first-order valence-electron chi connectivity index (χ1n) is 8.17. The molecule has 0 radical (unpaired) electrons. The molecular weight excluding hydrogens is 322 g/mol. The van der Waals surface area contributed by atoms with E-state index in [1.807, 2.05) is 12.1 Å². The summed E-state index contributed by atoms with van der Waals surface area (Å²) in [5.74, 6) is 0.0693. The van der Waals surface area contributed by atoms with Gasteiger partial charge in [0.15, 0.2) is 0 Å². The van der Waals surface area contributed by atoms with Crippen LogP contribution in [0.5, 0.6) is 0 Å². The number of halogens is 1. The van der Waals surface area contributed by atoms with Crippen molar-refractivity contribution in [3.63, 3.8) is 0 Å². The van der Waals surface area contributed by atoms with Crippen LogP contribution in [-0.2, 0) is 22.6 Å². The minimum atomic E-state index is -0.538. The number of benzene rings is 2. The quantitative estimate of drug-likeness (QED) is 0.708. The lowest BCUT2D eigenvalue weighted by atomic mass is 10.0. The van der Waals surface area contributed by atoms with E-state index in [0.717, 1.165) is 12.0 Å². The van der Waals surface area contributed by atoms with Gasteiger partial charge >= 0.3 is 5.97 Å². The number of esters is 1. The Morgan fingerprint density at radius 1 is 1.12 bits per heavy atom. The van der Waals surface area contributed by atoms with E-state index in [0.29, 0.717) is 18.9 Å². The fourth-order valence-electron chi connectivity index (χ4n) is 3.22. The molecule has 0 aromatic heterocycles. The van der Waals surface area contributed by atoms with Crippen LogP contribution in [-0.4, -0.2) is 12.0 Å². The van der Waals surface area contributed by atoms with E-state index in [1.165, 1.54) is 22.3 Å². The molecule has 0 heterocycles. The summed E-state index contributed by atoms with van der Waals surface area (Å²) in [7, 11) is 0. The van der Waals surface area contributed by atoms with Crippen LogP contribution < -0.4 is 5.73 Å². The zero-order valence-electron chi connectivity index (χ0n) is 14.1. The minimum absolute atomic E-state index is 0. The van der Waals surface area contributed by atoms with E-state index in [9.17, 15) is 4.79 Å². The van der Waals surface area contributed by atoms with Crippen LogP contribution in [0.1, 0.15) is 37.0 Å². The lowest BCUT2D eigenvalue weighted by Crippen LogP contribution is -2.33. The second-order valence-corrected chi connectivity index (χ2v) is 6.62. The second-order valence-electron chi connectivity index (χ2n) is 6.62. The van der Waals surface area contributed by atoms with Gasteiger partial charge in [-0.3, -0.25) is 4.79 Å². The summed E-state index contributed by atoms with van der Waals surface area (Å²) in [4.78, 5) is 12.0. The summed E-state index contributed by atoms with van der Waals surface area (Å²) >= 11 is 0. The summed E-state index contributed by atoms with van der Waals surface area (Å²) < 4.78 is 5.45. The van der Waals surface area contributed by atoms with Gasteiger partial charge in [0.25, 0.3) is 0 Å². The van der Waals surface area contributed by atoms with E-state index < -0.39 is 6.04 Å². The lowest BCUT2D eigenvalue weighted by Gasteiger charge is -2.14. The Morgan fingerprint density at radius 3 is 2.58 bits per heavy atom. The maximum absolute atomic E-state index is 12.0. The van der Waals surface area contributed by atoms with Crippen molar-refractivity contribution < 1.29 is 9.53 Å². The van der Waals surface area contributed by atoms with Gasteiger partial charge in [-0.25, -0.2) is 0 Å². The van der Waals surface area contributed by atoms with Crippen molar-refractivity contribution in [1.82, 2.24) is 0 Å². The molecule has 4 heteroatoms. The summed E-state index contributed by atoms with van der Waals surface area (Å²) in [6.07, 6.45) is 1.55. The predicted octanol–water partition coefficient (Wildman–Crippen LogP) is 4.10. The summed E-state index contributed by atoms with van der Waals surface area (Å²) in [6.45, 7) is 4.39. The van der Waals surface area contributed by atoms with E-state index >= 15 is 0 Å². The summed E-state index contributed by atoms with van der Waals surface area (Å²) in [5.41, 5.74) is 12.1. The highest BCUT2D eigenvalue weighted by Crippen LogP contribution is 2.38. The lowest BCUT2D eigenvalue weighted by molar-refractivity contribution is -0.146. The second kappa shape index (κ2) is 7.82. The first-order chi connectivity index (χ1) is 11.1. The van der Waals surface area contributed by atoms with Crippen molar-refractivity contribution in [2.45, 2.75) is 39.3 Å². The van der Waals surface area contributed by atoms with E-state index in [2.05, 4.69) is 44.2 Å². The monoisotopic (exact) mass is 345 g/mol. The van der Waals surface area contributed by atoms with Crippen LogP contribution in [0.25, 0.3) is 11.1 Å². The number of hydrogen-bond acceptors (Lipinski definition) is 3. The third-order valence-electron chi connectivity index (χ3n) is 4.35. The van der Waals surface area contributed by atoms with Gasteiger partial charge in [-0.05, 0) is 46.6 Å². The molecule has 2 N–H and O–H groups in total. The fourth-order valence-corrected chi connectivity index (χ4v) is 3.22. The highest BCUT2D eigenvalue weighted by Gasteiger charge is 2.22. The molecule has 0 saturated heterocycles. The van der Waals surface area contributed by atoms with Gasteiger partial charge in [0.2, 0.25) is 0 Å². The van der Waals surface area contributed by atoms with Crippen LogP contribution in [0.15, 0.2) is 42.5 Å². The molecule has 0 fully saturated rings. The molecule has 128 valence electrons. The van der Waals surface area contributed by atoms with Crippen molar-refractivity contribution in [3.05, 3.63) is 59.2 Å². The Labute approximate surface area is 149 Å². The van der Waals surface area contributed by atoms with Crippen molar-refractivity contribution >= 4 is 18.4 Å². The molecular formula is C20H24ClNO2. The largest absolute Gasteiger partial charge is 0.460 e. The van der Waals surface area contributed by atoms with Gasteiger partial charge < -0.3 is 10.5 Å². The average molecular weight is 346 g/mol. The smallest absolute Gasteiger partial charge is 0.323 e. The summed E-state index contributed by atoms with van der Waals surface area (Å²) in [6, 6.07) is 14.1. The topological polar surface area (TPSA) is 52.3 Å². The van der Waals surface area contributed by atoms with Crippen LogP contribution in [0.2, 0.25) is 0 Å². The molecule has 0 amide bonds. The van der Waals surface area contributed by atoms with Gasteiger partial charge in [-0.15, -0.1) is 12.4 Å². The maximum atomic E-state index is 12.0. The Kier molecular flexibility index (Phi) is 6.03. The first-order valence-corrected chi connectivity index (χ1v) is 8.17. The van der Waals surface area contributed by atoms with Gasteiger partial charge in [-0.1, -0.05) is 56.3 Å². The number of carbonyl (C=O) groups is 1. The number of ether oxygens (including phenoxy) is 1. The highest BCUT2D eigenvalue weighted by molar-refractivity contribution is 5.85. The SMILES string of the molecule is CC(C)C[C@H](N)C(=O)OCc1cccc2c1Cc1ccccc1-2.Cl. The zero-order valence-corrected chi connectivity index (χ0v) is 14.9. The Balaban J connectivity index is 0.00000208. The number of rotatable bonds is 5. The van der Waals surface area contributed by atoms with E-state index in [-0.39, 0.29) is 18.4 Å². The molecule has 2 aromatic rings. The van der Waals surface area contributed by atoms with Crippen molar-refractivity contribution in [1.29, 1.82) is 0 Å². The summed E-state index contributed by atoms with van der Waals surface area (Å²) in [5, 5.41) is 0. The van der Waals surface area contributed by atoms with E-state index in [1.54, 1.807) is 0 Å². The molecule has 3 rings (SSSR count). The Bertz CT molecular complexity index is 727. The molecule has 0 bridgehead atoms. The molecule has 0 aliphatic heterocycles.